The highest BCUT2D eigenvalue weighted by Crippen LogP contribution is 2.52. The van der Waals surface area contributed by atoms with Crippen molar-refractivity contribution in [3.8, 4) is 0 Å². The Labute approximate surface area is 98.5 Å². The molecule has 0 amide bonds. The zero-order chi connectivity index (χ0) is 11.3. The molecular formula is C15H21N. The summed E-state index contributed by atoms with van der Waals surface area (Å²) in [6.07, 6.45) is 2.79. The van der Waals surface area contributed by atoms with Gasteiger partial charge in [-0.2, -0.15) is 0 Å². The number of fused-ring (bicyclic) bond motifs is 2. The van der Waals surface area contributed by atoms with Gasteiger partial charge in [0.25, 0.3) is 0 Å². The third-order valence-electron chi connectivity index (χ3n) is 4.23. The van der Waals surface area contributed by atoms with Crippen molar-refractivity contribution in [2.75, 3.05) is 13.6 Å². The van der Waals surface area contributed by atoms with Gasteiger partial charge in [0, 0.05) is 18.5 Å². The van der Waals surface area contributed by atoms with Gasteiger partial charge in [0.2, 0.25) is 0 Å². The van der Waals surface area contributed by atoms with E-state index in [9.17, 15) is 0 Å². The van der Waals surface area contributed by atoms with Crippen LogP contribution < -0.4 is 0 Å². The highest BCUT2D eigenvalue weighted by Gasteiger charge is 2.48. The number of rotatable bonds is 1. The van der Waals surface area contributed by atoms with Crippen LogP contribution in [0.25, 0.3) is 0 Å². The Morgan fingerprint density at radius 1 is 1.25 bits per heavy atom. The highest BCUT2D eigenvalue weighted by molar-refractivity contribution is 5.44. The SMILES string of the molecule is CC(C)c1ccc2c(c1)CN(C)CC21CC1. The van der Waals surface area contributed by atoms with Gasteiger partial charge in [0.1, 0.15) is 0 Å². The van der Waals surface area contributed by atoms with Crippen LogP contribution in [0.4, 0.5) is 0 Å². The van der Waals surface area contributed by atoms with E-state index in [0.717, 1.165) is 6.54 Å². The van der Waals surface area contributed by atoms with Gasteiger partial charge in [-0.1, -0.05) is 32.0 Å². The summed E-state index contributed by atoms with van der Waals surface area (Å²) in [6, 6.07) is 7.19. The van der Waals surface area contributed by atoms with Gasteiger partial charge in [0.05, 0.1) is 0 Å². The van der Waals surface area contributed by atoms with Crippen LogP contribution in [0, 0.1) is 0 Å². The van der Waals surface area contributed by atoms with Crippen LogP contribution in [0.2, 0.25) is 0 Å². The van der Waals surface area contributed by atoms with Crippen LogP contribution >= 0.6 is 0 Å². The lowest BCUT2D eigenvalue weighted by molar-refractivity contribution is 0.271. The Kier molecular flexibility index (Phi) is 2.16. The van der Waals surface area contributed by atoms with Gasteiger partial charge in [-0.25, -0.2) is 0 Å². The summed E-state index contributed by atoms with van der Waals surface area (Å²) in [7, 11) is 2.26. The average molecular weight is 215 g/mol. The standard InChI is InChI=1S/C15H21N/c1-11(2)12-4-5-14-13(8-12)9-16(3)10-15(14)6-7-15/h4-5,8,11H,6-7,9-10H2,1-3H3. The maximum Gasteiger partial charge on any atom is 0.0234 e. The van der Waals surface area contributed by atoms with E-state index in [4.69, 9.17) is 0 Å². The number of hydrogen-bond acceptors (Lipinski definition) is 1. The van der Waals surface area contributed by atoms with Crippen molar-refractivity contribution < 1.29 is 0 Å². The largest absolute Gasteiger partial charge is 0.301 e. The Morgan fingerprint density at radius 2 is 2.00 bits per heavy atom. The monoisotopic (exact) mass is 215 g/mol. The van der Waals surface area contributed by atoms with Gasteiger partial charge in [-0.15, -0.1) is 0 Å². The van der Waals surface area contributed by atoms with Crippen LogP contribution in [0.3, 0.4) is 0 Å². The van der Waals surface area contributed by atoms with Crippen LogP contribution in [0.1, 0.15) is 49.3 Å². The van der Waals surface area contributed by atoms with Gasteiger partial charge in [-0.3, -0.25) is 0 Å². The predicted molar refractivity (Wildman–Crippen MR) is 67.8 cm³/mol. The number of likely N-dealkylation sites (N-methyl/N-ethyl adjacent to an activating group) is 1. The second kappa shape index (κ2) is 3.33. The lowest BCUT2D eigenvalue weighted by Gasteiger charge is -2.33. The Morgan fingerprint density at radius 3 is 2.62 bits per heavy atom. The summed E-state index contributed by atoms with van der Waals surface area (Å²) in [4.78, 5) is 2.49. The molecule has 0 bridgehead atoms. The Balaban J connectivity index is 2.05. The minimum absolute atomic E-state index is 0.540. The van der Waals surface area contributed by atoms with Crippen molar-refractivity contribution in [2.45, 2.75) is 44.6 Å². The normalized spacial score (nSPS) is 22.5. The van der Waals surface area contributed by atoms with E-state index in [1.165, 1.54) is 24.9 Å². The van der Waals surface area contributed by atoms with E-state index >= 15 is 0 Å². The molecule has 16 heavy (non-hydrogen) atoms. The molecule has 1 aromatic rings. The summed E-state index contributed by atoms with van der Waals surface area (Å²) < 4.78 is 0. The lowest BCUT2D eigenvalue weighted by atomic mass is 9.85. The Hall–Kier alpha value is -0.820. The fourth-order valence-electron chi connectivity index (χ4n) is 3.15. The summed E-state index contributed by atoms with van der Waals surface area (Å²) in [5, 5.41) is 0. The topological polar surface area (TPSA) is 3.24 Å². The van der Waals surface area contributed by atoms with Crippen molar-refractivity contribution in [3.05, 3.63) is 34.9 Å². The first-order chi connectivity index (χ1) is 7.61. The molecule has 1 spiro atoms. The molecule has 1 aliphatic heterocycles. The first kappa shape index (κ1) is 10.3. The van der Waals surface area contributed by atoms with Gasteiger partial charge < -0.3 is 4.90 Å². The minimum Gasteiger partial charge on any atom is -0.301 e. The van der Waals surface area contributed by atoms with E-state index in [1.54, 1.807) is 11.1 Å². The van der Waals surface area contributed by atoms with Crippen molar-refractivity contribution in [2.24, 2.45) is 0 Å². The van der Waals surface area contributed by atoms with E-state index in [2.05, 4.69) is 44.0 Å². The van der Waals surface area contributed by atoms with Gasteiger partial charge >= 0.3 is 0 Å². The van der Waals surface area contributed by atoms with E-state index in [0.29, 0.717) is 11.3 Å². The van der Waals surface area contributed by atoms with Crippen LogP contribution in [0.15, 0.2) is 18.2 Å². The number of benzene rings is 1. The second-order valence-electron chi connectivity index (χ2n) is 6.02. The maximum absolute atomic E-state index is 2.49. The molecule has 0 N–H and O–H groups in total. The molecule has 0 unspecified atom stereocenters. The second-order valence-corrected chi connectivity index (χ2v) is 6.02. The summed E-state index contributed by atoms with van der Waals surface area (Å²) in [5.74, 6) is 0.646. The third-order valence-corrected chi connectivity index (χ3v) is 4.23. The summed E-state index contributed by atoms with van der Waals surface area (Å²) in [5.41, 5.74) is 5.26. The quantitative estimate of drug-likeness (QED) is 0.695. The molecule has 1 aromatic carbocycles. The zero-order valence-electron chi connectivity index (χ0n) is 10.6. The first-order valence-electron chi connectivity index (χ1n) is 6.43. The fraction of sp³-hybridized carbons (Fsp3) is 0.600. The van der Waals surface area contributed by atoms with E-state index in [-0.39, 0.29) is 0 Å². The molecule has 1 saturated carbocycles. The van der Waals surface area contributed by atoms with Crippen molar-refractivity contribution in [1.82, 2.24) is 4.90 Å². The molecule has 1 heterocycles. The smallest absolute Gasteiger partial charge is 0.0234 e. The predicted octanol–water partition coefficient (Wildman–Crippen LogP) is 3.29. The highest BCUT2D eigenvalue weighted by atomic mass is 15.1. The molecule has 1 fully saturated rings. The minimum atomic E-state index is 0.540. The van der Waals surface area contributed by atoms with Gasteiger partial charge in [-0.05, 0) is 42.5 Å². The zero-order valence-corrected chi connectivity index (χ0v) is 10.6. The van der Waals surface area contributed by atoms with Crippen molar-refractivity contribution >= 4 is 0 Å². The molecule has 1 aliphatic carbocycles. The summed E-state index contributed by atoms with van der Waals surface area (Å²) >= 11 is 0. The molecule has 86 valence electrons. The molecule has 0 saturated heterocycles. The van der Waals surface area contributed by atoms with Crippen LogP contribution in [-0.2, 0) is 12.0 Å². The van der Waals surface area contributed by atoms with E-state index in [1.807, 2.05) is 0 Å². The Bertz CT molecular complexity index is 415. The van der Waals surface area contributed by atoms with Crippen LogP contribution in [-0.4, -0.2) is 18.5 Å². The van der Waals surface area contributed by atoms with Crippen LogP contribution in [0.5, 0.6) is 0 Å². The fourth-order valence-corrected chi connectivity index (χ4v) is 3.15. The lowest BCUT2D eigenvalue weighted by Crippen LogP contribution is -2.35. The molecule has 0 atom stereocenters. The molecule has 1 heteroatoms. The number of hydrogen-bond donors (Lipinski definition) is 0. The molecular weight excluding hydrogens is 194 g/mol. The molecule has 0 radical (unpaired) electrons. The van der Waals surface area contributed by atoms with Gasteiger partial charge in [0.15, 0.2) is 0 Å². The summed E-state index contributed by atoms with van der Waals surface area (Å²) in [6.45, 7) is 6.96. The first-order valence-corrected chi connectivity index (χ1v) is 6.43. The molecule has 1 nitrogen and oxygen atoms in total. The average Bonchev–Trinajstić information content (AvgIpc) is 2.97. The molecule has 3 rings (SSSR count). The molecule has 2 aliphatic rings. The number of nitrogens with zero attached hydrogens (tertiary/aromatic N) is 1. The molecule has 0 aromatic heterocycles. The maximum atomic E-state index is 2.49. The van der Waals surface area contributed by atoms with Crippen molar-refractivity contribution in [3.63, 3.8) is 0 Å². The third kappa shape index (κ3) is 1.49. The van der Waals surface area contributed by atoms with Crippen molar-refractivity contribution in [1.29, 1.82) is 0 Å². The van der Waals surface area contributed by atoms with E-state index < -0.39 is 0 Å².